The van der Waals surface area contributed by atoms with Gasteiger partial charge in [-0.1, -0.05) is 34.1 Å². The van der Waals surface area contributed by atoms with Gasteiger partial charge in [-0.25, -0.2) is 13.1 Å². The van der Waals surface area contributed by atoms with Gasteiger partial charge in [0.1, 0.15) is 4.90 Å². The number of nitrogens with zero attached hydrogens (tertiary/aromatic N) is 1. The molecule has 0 spiro atoms. The summed E-state index contributed by atoms with van der Waals surface area (Å²) in [4.78, 5) is 3.57. The van der Waals surface area contributed by atoms with E-state index in [0.717, 1.165) is 17.5 Å². The summed E-state index contributed by atoms with van der Waals surface area (Å²) in [6.45, 7) is -0.118. The van der Waals surface area contributed by atoms with Gasteiger partial charge in [0.2, 0.25) is 10.0 Å². The van der Waals surface area contributed by atoms with Gasteiger partial charge in [0, 0.05) is 22.6 Å². The second kappa shape index (κ2) is 7.45. The number of pyridine rings is 1. The lowest BCUT2D eigenvalue weighted by atomic mass is 10.1. The van der Waals surface area contributed by atoms with Crippen molar-refractivity contribution in [2.45, 2.75) is 17.8 Å². The van der Waals surface area contributed by atoms with Gasteiger partial charge in [-0.2, -0.15) is 0 Å². The van der Waals surface area contributed by atoms with Crippen LogP contribution in [0.15, 0.2) is 64.1 Å². The van der Waals surface area contributed by atoms with Crippen molar-refractivity contribution in [2.24, 2.45) is 0 Å². The molecular formula is C17H12BrF3N2O3S. The molecule has 0 unspecified atom stereocenters. The van der Waals surface area contributed by atoms with E-state index in [1.807, 2.05) is 0 Å². The van der Waals surface area contributed by atoms with Gasteiger partial charge < -0.3 is 4.74 Å². The van der Waals surface area contributed by atoms with Crippen LogP contribution in [0.5, 0.6) is 5.75 Å². The first-order valence-corrected chi connectivity index (χ1v) is 9.81. The van der Waals surface area contributed by atoms with Crippen molar-refractivity contribution in [3.8, 4) is 5.75 Å². The van der Waals surface area contributed by atoms with Crippen molar-refractivity contribution in [1.29, 1.82) is 0 Å². The molecule has 27 heavy (non-hydrogen) atoms. The third-order valence-electron chi connectivity index (χ3n) is 3.61. The Morgan fingerprint density at radius 2 is 1.85 bits per heavy atom. The minimum Gasteiger partial charge on any atom is -0.404 e. The molecule has 0 aliphatic carbocycles. The fraction of sp³-hybridized carbons (Fsp3) is 0.118. The summed E-state index contributed by atoms with van der Waals surface area (Å²) in [5.41, 5.74) is 1.32. The number of para-hydroxylation sites is 1. The first-order chi connectivity index (χ1) is 12.7. The van der Waals surface area contributed by atoms with Gasteiger partial charge >= 0.3 is 6.36 Å². The summed E-state index contributed by atoms with van der Waals surface area (Å²) in [5.74, 6) is -0.816. The van der Waals surface area contributed by atoms with Crippen LogP contribution in [-0.2, 0) is 16.6 Å². The van der Waals surface area contributed by atoms with Crippen LogP contribution in [0.25, 0.3) is 10.9 Å². The van der Waals surface area contributed by atoms with E-state index in [2.05, 4.69) is 30.4 Å². The average molecular weight is 461 g/mol. The van der Waals surface area contributed by atoms with Gasteiger partial charge in [0.25, 0.3) is 0 Å². The maximum absolute atomic E-state index is 12.6. The highest BCUT2D eigenvalue weighted by atomic mass is 79.9. The van der Waals surface area contributed by atoms with Crippen LogP contribution in [0.2, 0.25) is 0 Å². The number of benzene rings is 2. The molecular weight excluding hydrogens is 449 g/mol. The number of aromatic nitrogens is 1. The number of alkyl halides is 3. The fourth-order valence-corrected chi connectivity index (χ4v) is 3.92. The van der Waals surface area contributed by atoms with Gasteiger partial charge in [-0.3, -0.25) is 4.98 Å². The average Bonchev–Trinajstić information content (AvgIpc) is 2.58. The Balaban J connectivity index is 1.91. The van der Waals surface area contributed by atoms with Crippen molar-refractivity contribution in [1.82, 2.24) is 9.71 Å². The standard InChI is InChI=1S/C17H12BrF3N2O3S/c18-12-5-6-16(15(9-12)26-17(19,20)21)27(24,25)23-10-11-7-8-22-14-4-2-1-3-13(11)14/h1-9,23H,10H2. The molecule has 10 heteroatoms. The molecule has 0 atom stereocenters. The van der Waals surface area contributed by atoms with Crippen LogP contribution in [0.3, 0.4) is 0 Å². The third-order valence-corrected chi connectivity index (χ3v) is 5.55. The molecule has 0 amide bonds. The summed E-state index contributed by atoms with van der Waals surface area (Å²) in [7, 11) is -4.26. The molecule has 0 aliphatic heterocycles. The highest BCUT2D eigenvalue weighted by Gasteiger charge is 2.34. The van der Waals surface area contributed by atoms with Crippen LogP contribution in [-0.4, -0.2) is 19.8 Å². The Kier molecular flexibility index (Phi) is 5.41. The Bertz CT molecular complexity index is 1080. The number of halogens is 4. The molecule has 0 saturated heterocycles. The number of fused-ring (bicyclic) bond motifs is 1. The van der Waals surface area contributed by atoms with Crippen molar-refractivity contribution in [3.05, 3.63) is 64.8 Å². The van der Waals surface area contributed by atoms with E-state index in [9.17, 15) is 21.6 Å². The van der Waals surface area contributed by atoms with Gasteiger partial charge in [0.15, 0.2) is 5.75 Å². The van der Waals surface area contributed by atoms with E-state index in [-0.39, 0.29) is 11.0 Å². The number of sulfonamides is 1. The van der Waals surface area contributed by atoms with Crippen LogP contribution in [0.4, 0.5) is 13.2 Å². The smallest absolute Gasteiger partial charge is 0.404 e. The molecule has 1 heterocycles. The van der Waals surface area contributed by atoms with E-state index in [0.29, 0.717) is 11.1 Å². The van der Waals surface area contributed by atoms with Gasteiger partial charge in [0.05, 0.1) is 5.52 Å². The van der Waals surface area contributed by atoms with Crippen molar-refractivity contribution < 1.29 is 26.3 Å². The number of ether oxygens (including phenoxy) is 1. The molecule has 3 aromatic rings. The fourth-order valence-electron chi connectivity index (χ4n) is 2.47. The van der Waals surface area contributed by atoms with E-state index in [4.69, 9.17) is 0 Å². The first-order valence-electron chi connectivity index (χ1n) is 7.53. The summed E-state index contributed by atoms with van der Waals surface area (Å²) < 4.78 is 69.4. The van der Waals surface area contributed by atoms with Gasteiger partial charge in [-0.15, -0.1) is 13.2 Å². The normalized spacial score (nSPS) is 12.3. The summed E-state index contributed by atoms with van der Waals surface area (Å²) in [6, 6.07) is 12.1. The topological polar surface area (TPSA) is 68.3 Å². The number of nitrogens with one attached hydrogen (secondary N) is 1. The predicted molar refractivity (Wildman–Crippen MR) is 96.6 cm³/mol. The van der Waals surface area contributed by atoms with Crippen LogP contribution >= 0.6 is 15.9 Å². The maximum atomic E-state index is 12.6. The third kappa shape index (κ3) is 4.76. The Hall–Kier alpha value is -2.17. The lowest BCUT2D eigenvalue weighted by molar-refractivity contribution is -0.275. The summed E-state index contributed by atoms with van der Waals surface area (Å²) >= 11 is 3.00. The zero-order valence-electron chi connectivity index (χ0n) is 13.5. The second-order valence-electron chi connectivity index (χ2n) is 5.45. The lowest BCUT2D eigenvalue weighted by Crippen LogP contribution is -2.25. The highest BCUT2D eigenvalue weighted by Crippen LogP contribution is 2.32. The molecule has 1 aromatic heterocycles. The molecule has 2 aromatic carbocycles. The van der Waals surface area contributed by atoms with E-state index in [1.165, 1.54) is 12.3 Å². The summed E-state index contributed by atoms with van der Waals surface area (Å²) in [5, 5.41) is 0.741. The molecule has 3 rings (SSSR count). The molecule has 0 radical (unpaired) electrons. The maximum Gasteiger partial charge on any atom is 0.573 e. The van der Waals surface area contributed by atoms with E-state index in [1.54, 1.807) is 30.3 Å². The number of hydrogen-bond donors (Lipinski definition) is 1. The first kappa shape index (κ1) is 19.6. The molecule has 0 saturated carbocycles. The molecule has 5 nitrogen and oxygen atoms in total. The predicted octanol–water partition coefficient (Wildman–Crippen LogP) is 4.37. The zero-order valence-corrected chi connectivity index (χ0v) is 15.9. The molecule has 0 bridgehead atoms. The van der Waals surface area contributed by atoms with Crippen LogP contribution in [0.1, 0.15) is 5.56 Å². The van der Waals surface area contributed by atoms with E-state index >= 15 is 0 Å². The van der Waals surface area contributed by atoms with Crippen molar-refractivity contribution in [3.63, 3.8) is 0 Å². The zero-order chi connectivity index (χ0) is 19.7. The largest absolute Gasteiger partial charge is 0.573 e. The minimum atomic E-state index is -5.02. The Morgan fingerprint density at radius 3 is 2.59 bits per heavy atom. The SMILES string of the molecule is O=S(=O)(NCc1ccnc2ccccc12)c1ccc(Br)cc1OC(F)(F)F. The van der Waals surface area contributed by atoms with Crippen molar-refractivity contribution >= 4 is 36.9 Å². The minimum absolute atomic E-state index is 0.118. The molecule has 0 aliphatic rings. The Labute approximate surface area is 161 Å². The quantitative estimate of drug-likeness (QED) is 0.613. The Morgan fingerprint density at radius 1 is 1.11 bits per heavy atom. The number of rotatable bonds is 5. The second-order valence-corrected chi connectivity index (χ2v) is 8.10. The van der Waals surface area contributed by atoms with E-state index < -0.39 is 27.0 Å². The van der Waals surface area contributed by atoms with Crippen molar-refractivity contribution in [2.75, 3.05) is 0 Å². The van der Waals surface area contributed by atoms with Crippen LogP contribution in [0, 0.1) is 0 Å². The monoisotopic (exact) mass is 460 g/mol. The number of hydrogen-bond acceptors (Lipinski definition) is 4. The summed E-state index contributed by atoms with van der Waals surface area (Å²) in [6.07, 6.45) is -3.49. The van der Waals surface area contributed by atoms with Crippen LogP contribution < -0.4 is 9.46 Å². The molecule has 1 N–H and O–H groups in total. The highest BCUT2D eigenvalue weighted by molar-refractivity contribution is 9.10. The lowest BCUT2D eigenvalue weighted by Gasteiger charge is -2.15. The molecule has 0 fully saturated rings. The molecule has 142 valence electrons. The van der Waals surface area contributed by atoms with Gasteiger partial charge in [-0.05, 0) is 35.9 Å².